The van der Waals surface area contributed by atoms with Gasteiger partial charge >= 0.3 is 0 Å². The lowest BCUT2D eigenvalue weighted by atomic mass is 10.2. The molecule has 0 spiro atoms. The summed E-state index contributed by atoms with van der Waals surface area (Å²) >= 11 is 3.74. The van der Waals surface area contributed by atoms with Gasteiger partial charge in [0, 0.05) is 23.8 Å². The molecular weight excluding hydrogens is 418 g/mol. The number of benzene rings is 1. The van der Waals surface area contributed by atoms with Gasteiger partial charge in [0.1, 0.15) is 12.4 Å². The summed E-state index contributed by atoms with van der Waals surface area (Å²) in [5.41, 5.74) is 0.536. The average molecular weight is 430 g/mol. The van der Waals surface area contributed by atoms with Gasteiger partial charge in [-0.05, 0) is 35.6 Å². The van der Waals surface area contributed by atoms with Crippen molar-refractivity contribution < 1.29 is 13.9 Å². The van der Waals surface area contributed by atoms with Crippen LogP contribution < -0.4 is 9.47 Å². The maximum Gasteiger partial charge on any atom is 0.167 e. The molecule has 2 heterocycles. The smallest absolute Gasteiger partial charge is 0.167 e. The molecule has 2 aromatic heterocycles. The van der Waals surface area contributed by atoms with E-state index < -0.39 is 5.82 Å². The van der Waals surface area contributed by atoms with E-state index in [2.05, 4.69) is 32.6 Å². The molecule has 0 fully saturated rings. The van der Waals surface area contributed by atoms with E-state index in [1.54, 1.807) is 29.8 Å². The molecule has 0 aliphatic heterocycles. The van der Waals surface area contributed by atoms with Crippen molar-refractivity contribution in [2.24, 2.45) is 0 Å². The highest BCUT2D eigenvalue weighted by Gasteiger charge is 2.13. The lowest BCUT2D eigenvalue weighted by Gasteiger charge is -2.11. The zero-order valence-electron chi connectivity index (χ0n) is 11.9. The highest BCUT2D eigenvalue weighted by atomic mass is 127. The van der Waals surface area contributed by atoms with Gasteiger partial charge in [0.2, 0.25) is 0 Å². The van der Waals surface area contributed by atoms with Crippen molar-refractivity contribution in [1.82, 2.24) is 9.97 Å². The second kappa shape index (κ2) is 6.33. The Kier molecular flexibility index (Phi) is 4.44. The highest BCUT2D eigenvalue weighted by Crippen LogP contribution is 2.34. The number of hydrogen-bond acceptors (Lipinski definition) is 5. The lowest BCUT2D eigenvalue weighted by Crippen LogP contribution is -1.98. The number of rotatable bonds is 4. The Labute approximate surface area is 144 Å². The zero-order chi connectivity index (χ0) is 15.7. The number of aryl methyl sites for hydroxylation is 1. The molecule has 114 valence electrons. The van der Waals surface area contributed by atoms with Crippen molar-refractivity contribution in [1.29, 1.82) is 0 Å². The summed E-state index contributed by atoms with van der Waals surface area (Å²) in [6, 6.07) is 2.97. The summed E-state index contributed by atoms with van der Waals surface area (Å²) in [5, 5.41) is 1.73. The predicted octanol–water partition coefficient (Wildman–Crippen LogP) is 4.33. The quantitative estimate of drug-likeness (QED) is 0.578. The SMILES string of the molecule is COc1cc2c(OCc3cnc(C)s3)c(I)cnc2cc1F. The van der Waals surface area contributed by atoms with E-state index in [-0.39, 0.29) is 5.75 Å². The first kappa shape index (κ1) is 15.4. The van der Waals surface area contributed by atoms with Crippen LogP contribution in [-0.2, 0) is 6.61 Å². The minimum Gasteiger partial charge on any atom is -0.494 e. The third-order valence-corrected chi connectivity index (χ3v) is 4.73. The molecular formula is C15H12FIN2O2S. The van der Waals surface area contributed by atoms with Crippen molar-refractivity contribution in [3.8, 4) is 11.5 Å². The van der Waals surface area contributed by atoms with Crippen LogP contribution in [0.2, 0.25) is 0 Å². The van der Waals surface area contributed by atoms with Gasteiger partial charge in [-0.15, -0.1) is 11.3 Å². The van der Waals surface area contributed by atoms with Gasteiger partial charge in [0.05, 0.1) is 26.1 Å². The van der Waals surface area contributed by atoms with Gasteiger partial charge < -0.3 is 9.47 Å². The Morgan fingerprint density at radius 1 is 1.27 bits per heavy atom. The fraction of sp³-hybridized carbons (Fsp3) is 0.200. The molecule has 3 rings (SSSR count). The summed E-state index contributed by atoms with van der Waals surface area (Å²) in [6.45, 7) is 2.37. The van der Waals surface area contributed by atoms with E-state index in [4.69, 9.17) is 9.47 Å². The second-order valence-corrected chi connectivity index (χ2v) is 7.05. The Balaban J connectivity index is 2.01. The van der Waals surface area contributed by atoms with Crippen LogP contribution in [0.4, 0.5) is 4.39 Å². The Morgan fingerprint density at radius 2 is 2.09 bits per heavy atom. The van der Waals surface area contributed by atoms with Crippen molar-refractivity contribution in [2.75, 3.05) is 7.11 Å². The summed E-state index contributed by atoms with van der Waals surface area (Å²) in [6.07, 6.45) is 3.47. The van der Waals surface area contributed by atoms with Crippen molar-refractivity contribution in [3.05, 3.63) is 43.8 Å². The van der Waals surface area contributed by atoms with E-state index >= 15 is 0 Å². The minimum absolute atomic E-state index is 0.176. The van der Waals surface area contributed by atoms with Crippen LogP contribution in [0.1, 0.15) is 9.88 Å². The van der Waals surface area contributed by atoms with Gasteiger partial charge in [0.25, 0.3) is 0 Å². The number of halogens is 2. The number of pyridine rings is 1. The van der Waals surface area contributed by atoms with E-state index in [9.17, 15) is 4.39 Å². The largest absolute Gasteiger partial charge is 0.494 e. The normalized spacial score (nSPS) is 10.9. The van der Waals surface area contributed by atoms with Crippen LogP contribution >= 0.6 is 33.9 Å². The molecule has 0 amide bonds. The number of hydrogen-bond donors (Lipinski definition) is 0. The van der Waals surface area contributed by atoms with Crippen LogP contribution in [0.15, 0.2) is 24.5 Å². The van der Waals surface area contributed by atoms with Gasteiger partial charge in [-0.3, -0.25) is 4.98 Å². The van der Waals surface area contributed by atoms with Crippen LogP contribution in [0.25, 0.3) is 10.9 Å². The molecule has 4 nitrogen and oxygen atoms in total. The minimum atomic E-state index is -0.437. The molecule has 0 aliphatic carbocycles. The second-order valence-electron chi connectivity index (χ2n) is 4.57. The topological polar surface area (TPSA) is 44.2 Å². The number of ether oxygens (including phenoxy) is 2. The monoisotopic (exact) mass is 430 g/mol. The van der Waals surface area contributed by atoms with Gasteiger partial charge in [0.15, 0.2) is 11.6 Å². The third-order valence-electron chi connectivity index (χ3n) is 3.08. The van der Waals surface area contributed by atoms with Crippen LogP contribution in [0.3, 0.4) is 0 Å². The molecule has 3 aromatic rings. The Bertz CT molecular complexity index is 838. The zero-order valence-corrected chi connectivity index (χ0v) is 14.9. The Morgan fingerprint density at radius 3 is 2.77 bits per heavy atom. The molecule has 0 unspecified atom stereocenters. The van der Waals surface area contributed by atoms with Crippen molar-refractivity contribution in [3.63, 3.8) is 0 Å². The van der Waals surface area contributed by atoms with E-state index in [0.717, 1.165) is 18.8 Å². The molecule has 0 saturated carbocycles. The molecule has 0 N–H and O–H groups in total. The van der Waals surface area contributed by atoms with Crippen molar-refractivity contribution >= 4 is 44.8 Å². The maximum absolute atomic E-state index is 13.8. The fourth-order valence-electron chi connectivity index (χ4n) is 2.06. The van der Waals surface area contributed by atoms with E-state index in [0.29, 0.717) is 17.9 Å². The van der Waals surface area contributed by atoms with Gasteiger partial charge in [-0.25, -0.2) is 9.37 Å². The van der Waals surface area contributed by atoms with Crippen molar-refractivity contribution in [2.45, 2.75) is 13.5 Å². The fourth-order valence-corrected chi connectivity index (χ4v) is 3.36. The summed E-state index contributed by atoms with van der Waals surface area (Å²) in [4.78, 5) is 9.49. The predicted molar refractivity (Wildman–Crippen MR) is 92.2 cm³/mol. The number of nitrogens with zero attached hydrogens (tertiary/aromatic N) is 2. The first-order valence-corrected chi connectivity index (χ1v) is 8.34. The van der Waals surface area contributed by atoms with Crippen LogP contribution in [0.5, 0.6) is 11.5 Å². The van der Waals surface area contributed by atoms with E-state index in [1.165, 1.54) is 13.2 Å². The average Bonchev–Trinajstić information content (AvgIpc) is 2.91. The molecule has 1 aromatic carbocycles. The standard InChI is InChI=1S/C15H12FIN2O2S/c1-8-18-5-9(22-8)7-21-15-10-3-14(20-2)11(16)4-13(10)19-6-12(15)17/h3-6H,7H2,1-2H3. The number of aromatic nitrogens is 2. The Hall–Kier alpha value is -1.48. The lowest BCUT2D eigenvalue weighted by molar-refractivity contribution is 0.310. The molecule has 0 radical (unpaired) electrons. The highest BCUT2D eigenvalue weighted by molar-refractivity contribution is 14.1. The van der Waals surface area contributed by atoms with Gasteiger partial charge in [-0.1, -0.05) is 0 Å². The number of thiazole rings is 1. The first-order chi connectivity index (χ1) is 10.6. The molecule has 0 saturated heterocycles. The van der Waals surface area contributed by atoms with Crippen LogP contribution in [-0.4, -0.2) is 17.1 Å². The number of methoxy groups -OCH3 is 1. The molecule has 0 bridgehead atoms. The maximum atomic E-state index is 13.8. The molecule has 22 heavy (non-hydrogen) atoms. The third kappa shape index (κ3) is 3.00. The summed E-state index contributed by atoms with van der Waals surface area (Å²) < 4.78 is 25.6. The summed E-state index contributed by atoms with van der Waals surface area (Å²) in [5.74, 6) is 0.414. The summed E-state index contributed by atoms with van der Waals surface area (Å²) in [7, 11) is 1.44. The molecule has 0 atom stereocenters. The molecule has 7 heteroatoms. The van der Waals surface area contributed by atoms with Crippen LogP contribution in [0, 0.1) is 16.3 Å². The van der Waals surface area contributed by atoms with E-state index in [1.807, 2.05) is 6.92 Å². The molecule has 0 aliphatic rings. The van der Waals surface area contributed by atoms with Gasteiger partial charge in [-0.2, -0.15) is 0 Å². The number of fused-ring (bicyclic) bond motifs is 1. The first-order valence-electron chi connectivity index (χ1n) is 6.44.